The molecule has 1 rings (SSSR count). The molecule has 0 saturated carbocycles. The van der Waals surface area contributed by atoms with Gasteiger partial charge in [0, 0.05) is 12.1 Å². The molecule has 100 valence electrons. The number of nitro groups is 1. The molecule has 0 aliphatic heterocycles. The van der Waals surface area contributed by atoms with Gasteiger partial charge in [-0.05, 0) is 6.07 Å². The molecule has 0 saturated heterocycles. The molecule has 0 spiro atoms. The molecule has 18 heavy (non-hydrogen) atoms. The van der Waals surface area contributed by atoms with E-state index in [1.807, 2.05) is 0 Å². The minimum atomic E-state index is -4.31. The van der Waals surface area contributed by atoms with Crippen LogP contribution in [0, 0.1) is 10.1 Å². The molecule has 6 nitrogen and oxygen atoms in total. The lowest BCUT2D eigenvalue weighted by Crippen LogP contribution is -2.28. The number of hydrogen-bond donors (Lipinski definition) is 1. The molecule has 0 atom stereocenters. The van der Waals surface area contributed by atoms with Gasteiger partial charge in [0.25, 0.3) is 12.1 Å². The lowest BCUT2D eigenvalue weighted by atomic mass is 10.3. The van der Waals surface area contributed by atoms with Gasteiger partial charge in [-0.15, -0.1) is 0 Å². The van der Waals surface area contributed by atoms with Crippen molar-refractivity contribution in [3.05, 3.63) is 33.3 Å². The van der Waals surface area contributed by atoms with Gasteiger partial charge in [0.05, 0.1) is 16.5 Å². The molecule has 0 bridgehead atoms. The maximum absolute atomic E-state index is 11.9. The lowest BCUT2D eigenvalue weighted by Gasteiger charge is -2.07. The van der Waals surface area contributed by atoms with Crippen molar-refractivity contribution in [2.45, 2.75) is 11.3 Å². The van der Waals surface area contributed by atoms with Crippen LogP contribution in [-0.2, 0) is 10.0 Å². The summed E-state index contributed by atoms with van der Waals surface area (Å²) in [6.07, 6.45) is -2.88. The van der Waals surface area contributed by atoms with Crippen molar-refractivity contribution in [1.82, 2.24) is 4.72 Å². The molecule has 0 unspecified atom stereocenters. The van der Waals surface area contributed by atoms with Gasteiger partial charge in [0.15, 0.2) is 0 Å². The van der Waals surface area contributed by atoms with Crippen molar-refractivity contribution in [2.24, 2.45) is 0 Å². The van der Waals surface area contributed by atoms with E-state index in [1.54, 1.807) is 4.72 Å². The summed E-state index contributed by atoms with van der Waals surface area (Å²) in [5.41, 5.74) is -0.503. The van der Waals surface area contributed by atoms with E-state index in [1.165, 1.54) is 0 Å². The van der Waals surface area contributed by atoms with E-state index >= 15 is 0 Å². The average molecular weight is 301 g/mol. The first-order valence-corrected chi connectivity index (χ1v) is 6.32. The summed E-state index contributed by atoms with van der Waals surface area (Å²) >= 11 is 5.57. The van der Waals surface area contributed by atoms with Gasteiger partial charge in [-0.2, -0.15) is 0 Å². The second-order valence-corrected chi connectivity index (χ2v) is 5.26. The highest BCUT2D eigenvalue weighted by Crippen LogP contribution is 2.25. The van der Waals surface area contributed by atoms with Crippen molar-refractivity contribution in [3.63, 3.8) is 0 Å². The zero-order valence-corrected chi connectivity index (χ0v) is 10.2. The number of nitrogens with one attached hydrogen (secondary N) is 1. The number of rotatable bonds is 5. The summed E-state index contributed by atoms with van der Waals surface area (Å²) in [5.74, 6) is 0. The van der Waals surface area contributed by atoms with Crippen LogP contribution in [0.5, 0.6) is 0 Å². The number of nitrogens with zero attached hydrogens (tertiary/aromatic N) is 1. The van der Waals surface area contributed by atoms with E-state index in [0.29, 0.717) is 6.07 Å². The fraction of sp³-hybridized carbons (Fsp3) is 0.250. The number of hydrogen-bond acceptors (Lipinski definition) is 4. The van der Waals surface area contributed by atoms with E-state index in [-0.39, 0.29) is 5.02 Å². The van der Waals surface area contributed by atoms with Gasteiger partial charge in [-0.3, -0.25) is 10.1 Å². The van der Waals surface area contributed by atoms with Crippen LogP contribution < -0.4 is 4.72 Å². The van der Waals surface area contributed by atoms with Crippen LogP contribution >= 0.6 is 11.6 Å². The van der Waals surface area contributed by atoms with Crippen molar-refractivity contribution in [3.8, 4) is 0 Å². The van der Waals surface area contributed by atoms with E-state index in [4.69, 9.17) is 11.6 Å². The number of non-ortho nitro benzene ring substituents is 1. The van der Waals surface area contributed by atoms with Crippen molar-refractivity contribution in [2.75, 3.05) is 6.54 Å². The third kappa shape index (κ3) is 3.59. The summed E-state index contributed by atoms with van der Waals surface area (Å²) in [5, 5.41) is 10.2. The fourth-order valence-electron chi connectivity index (χ4n) is 1.06. The van der Waals surface area contributed by atoms with E-state index < -0.39 is 38.5 Å². The number of nitro benzene ring substituents is 1. The molecule has 10 heteroatoms. The van der Waals surface area contributed by atoms with E-state index in [2.05, 4.69) is 0 Å². The van der Waals surface area contributed by atoms with E-state index in [0.717, 1.165) is 12.1 Å². The van der Waals surface area contributed by atoms with Gasteiger partial charge in [0.2, 0.25) is 10.0 Å². The monoisotopic (exact) mass is 300 g/mol. The Morgan fingerprint density at radius 2 is 2.06 bits per heavy atom. The zero-order valence-electron chi connectivity index (χ0n) is 8.64. The number of alkyl halides is 2. The molecule has 1 N–H and O–H groups in total. The Morgan fingerprint density at radius 1 is 1.44 bits per heavy atom. The fourth-order valence-corrected chi connectivity index (χ4v) is 2.59. The smallest absolute Gasteiger partial charge is 0.258 e. The highest BCUT2D eigenvalue weighted by Gasteiger charge is 2.22. The third-order valence-electron chi connectivity index (χ3n) is 1.84. The molecule has 1 aromatic rings. The normalized spacial score (nSPS) is 11.8. The van der Waals surface area contributed by atoms with Gasteiger partial charge in [0.1, 0.15) is 4.90 Å². The first-order valence-electron chi connectivity index (χ1n) is 4.46. The minimum absolute atomic E-state index is 0.289. The van der Waals surface area contributed by atoms with Crippen molar-refractivity contribution < 1.29 is 22.1 Å². The third-order valence-corrected chi connectivity index (χ3v) is 3.75. The van der Waals surface area contributed by atoms with Crippen LogP contribution in [0.25, 0.3) is 0 Å². The SMILES string of the molecule is O=[N+]([O-])c1ccc(Cl)c(S(=O)(=O)NCC(F)F)c1. The number of benzene rings is 1. The highest BCUT2D eigenvalue weighted by atomic mass is 35.5. The van der Waals surface area contributed by atoms with Gasteiger partial charge >= 0.3 is 0 Å². The van der Waals surface area contributed by atoms with Gasteiger partial charge in [-0.25, -0.2) is 21.9 Å². The predicted molar refractivity (Wildman–Crippen MR) is 59.3 cm³/mol. The van der Waals surface area contributed by atoms with Gasteiger partial charge in [-0.1, -0.05) is 11.6 Å². The van der Waals surface area contributed by atoms with Crippen LogP contribution in [0.2, 0.25) is 5.02 Å². The predicted octanol–water partition coefficient (Wildman–Crippen LogP) is 1.79. The number of halogens is 3. The molecule has 0 aromatic heterocycles. The van der Waals surface area contributed by atoms with Crippen LogP contribution in [0.3, 0.4) is 0 Å². The first-order chi connectivity index (χ1) is 8.24. The molecular formula is C8H7ClF2N2O4S. The minimum Gasteiger partial charge on any atom is -0.258 e. The maximum atomic E-state index is 11.9. The Morgan fingerprint density at radius 3 is 2.56 bits per heavy atom. The highest BCUT2D eigenvalue weighted by molar-refractivity contribution is 7.89. The topological polar surface area (TPSA) is 89.3 Å². The quantitative estimate of drug-likeness (QED) is 0.663. The van der Waals surface area contributed by atoms with Crippen LogP contribution in [-0.4, -0.2) is 26.3 Å². The summed E-state index contributed by atoms with van der Waals surface area (Å²) < 4.78 is 48.6. The van der Waals surface area contributed by atoms with Crippen LogP contribution in [0.15, 0.2) is 23.1 Å². The second kappa shape index (κ2) is 5.55. The molecular weight excluding hydrogens is 294 g/mol. The Labute approximate surface area is 106 Å². The van der Waals surface area contributed by atoms with Crippen molar-refractivity contribution >= 4 is 27.3 Å². The lowest BCUT2D eigenvalue weighted by molar-refractivity contribution is -0.385. The summed E-state index contributed by atoms with van der Waals surface area (Å²) in [4.78, 5) is 9.06. The van der Waals surface area contributed by atoms with Crippen LogP contribution in [0.1, 0.15) is 0 Å². The Bertz CT molecular complexity index is 564. The maximum Gasteiger partial charge on any atom is 0.270 e. The summed E-state index contributed by atoms with van der Waals surface area (Å²) in [6.45, 7) is -1.10. The Balaban J connectivity index is 3.15. The second-order valence-electron chi connectivity index (χ2n) is 3.11. The average Bonchev–Trinajstić information content (AvgIpc) is 2.26. The largest absolute Gasteiger partial charge is 0.270 e. The molecule has 0 aliphatic rings. The van der Waals surface area contributed by atoms with E-state index in [9.17, 15) is 27.3 Å². The summed E-state index contributed by atoms with van der Waals surface area (Å²) in [7, 11) is -4.31. The first kappa shape index (κ1) is 14.7. The molecule has 0 fully saturated rings. The molecule has 0 radical (unpaired) electrons. The van der Waals surface area contributed by atoms with Crippen LogP contribution in [0.4, 0.5) is 14.5 Å². The Hall–Kier alpha value is -1.32. The molecule has 0 amide bonds. The Kier molecular flexibility index (Phi) is 4.54. The zero-order chi connectivity index (χ0) is 13.9. The van der Waals surface area contributed by atoms with Crippen molar-refractivity contribution in [1.29, 1.82) is 0 Å². The summed E-state index contributed by atoms with van der Waals surface area (Å²) in [6, 6.07) is 2.72. The molecule has 0 heterocycles. The molecule has 1 aromatic carbocycles. The standard InChI is InChI=1S/C8H7ClF2N2O4S/c9-6-2-1-5(13(14)15)3-7(6)18(16,17)12-4-8(10)11/h1-3,8,12H,4H2. The molecule has 0 aliphatic carbocycles. The van der Waals surface area contributed by atoms with Gasteiger partial charge < -0.3 is 0 Å². The number of sulfonamides is 1.